The zero-order valence-corrected chi connectivity index (χ0v) is 19.4. The Morgan fingerprint density at radius 2 is 2.06 bits per heavy atom. The highest BCUT2D eigenvalue weighted by molar-refractivity contribution is 6.00. The third kappa shape index (κ3) is 5.28. The van der Waals surface area contributed by atoms with Crippen LogP contribution in [-0.2, 0) is 6.18 Å². The fourth-order valence-electron chi connectivity index (χ4n) is 4.45. The maximum absolute atomic E-state index is 14.0. The average molecular weight is 491 g/mol. The number of anilines is 1. The van der Waals surface area contributed by atoms with Gasteiger partial charge in [0, 0.05) is 18.8 Å². The van der Waals surface area contributed by atoms with Crippen LogP contribution in [0, 0.1) is 18.7 Å². The molecule has 1 N–H and O–H groups in total. The number of nitrogens with zero attached hydrogens (tertiary/aromatic N) is 4. The molecule has 1 saturated heterocycles. The zero-order valence-electron chi connectivity index (χ0n) is 19.4. The second-order valence-electron chi connectivity index (χ2n) is 8.79. The van der Waals surface area contributed by atoms with Gasteiger partial charge in [0.2, 0.25) is 0 Å². The molecule has 3 atom stereocenters. The lowest BCUT2D eigenvalue weighted by Crippen LogP contribution is -2.46. The summed E-state index contributed by atoms with van der Waals surface area (Å²) < 4.78 is 57.9. The number of alkyl halides is 3. The fraction of sp³-hybridized carbons (Fsp3) is 0.417. The first-order chi connectivity index (χ1) is 16.6. The largest absolute Gasteiger partial charge is 0.417 e. The van der Waals surface area contributed by atoms with E-state index in [1.54, 1.807) is 11.8 Å². The number of hydrogen-bond acceptors (Lipinski definition) is 6. The van der Waals surface area contributed by atoms with E-state index in [0.717, 1.165) is 12.3 Å². The molecule has 35 heavy (non-hydrogen) atoms. The summed E-state index contributed by atoms with van der Waals surface area (Å²) in [4.78, 5) is 23.5. The molecule has 3 unspecified atom stereocenters. The topological polar surface area (TPSA) is 84.2 Å². The molecule has 0 aliphatic carbocycles. The van der Waals surface area contributed by atoms with E-state index in [4.69, 9.17) is 4.52 Å². The minimum Gasteiger partial charge on any atom is -0.365 e. The maximum Gasteiger partial charge on any atom is 0.417 e. The molecule has 1 aliphatic heterocycles. The molecular weight excluding hydrogens is 466 g/mol. The second-order valence-corrected chi connectivity index (χ2v) is 8.79. The van der Waals surface area contributed by atoms with Gasteiger partial charge in [-0.15, -0.1) is 0 Å². The Bertz CT molecular complexity index is 1200. The summed E-state index contributed by atoms with van der Waals surface area (Å²) in [7, 11) is 0. The fourth-order valence-corrected chi connectivity index (χ4v) is 4.45. The van der Waals surface area contributed by atoms with Crippen LogP contribution in [-0.4, -0.2) is 44.6 Å². The monoisotopic (exact) mass is 491 g/mol. The Morgan fingerprint density at radius 1 is 1.29 bits per heavy atom. The Balaban J connectivity index is 1.61. The molecule has 1 fully saturated rings. The van der Waals surface area contributed by atoms with Gasteiger partial charge in [-0.25, -0.2) is 9.37 Å². The van der Waals surface area contributed by atoms with E-state index in [1.165, 1.54) is 24.3 Å². The summed E-state index contributed by atoms with van der Waals surface area (Å²) in [5.41, 5.74) is -0.390. The third-order valence-corrected chi connectivity index (χ3v) is 6.11. The molecule has 0 radical (unpaired) electrons. The number of pyridine rings is 1. The van der Waals surface area contributed by atoms with E-state index in [2.05, 4.69) is 20.4 Å². The van der Waals surface area contributed by atoms with Crippen molar-refractivity contribution >= 4 is 11.7 Å². The van der Waals surface area contributed by atoms with Crippen LogP contribution in [0.15, 0.2) is 41.1 Å². The van der Waals surface area contributed by atoms with E-state index >= 15 is 0 Å². The van der Waals surface area contributed by atoms with E-state index in [-0.39, 0.29) is 40.9 Å². The molecule has 0 bridgehead atoms. The Morgan fingerprint density at radius 3 is 2.66 bits per heavy atom. The van der Waals surface area contributed by atoms with Crippen molar-refractivity contribution in [1.29, 1.82) is 0 Å². The lowest BCUT2D eigenvalue weighted by Gasteiger charge is -2.32. The van der Waals surface area contributed by atoms with Gasteiger partial charge >= 0.3 is 6.18 Å². The first-order valence-electron chi connectivity index (χ1n) is 11.3. The molecule has 3 heterocycles. The Hall–Kier alpha value is -3.50. The highest BCUT2D eigenvalue weighted by atomic mass is 19.4. The van der Waals surface area contributed by atoms with E-state index in [0.29, 0.717) is 31.0 Å². The second kappa shape index (κ2) is 9.63. The number of aromatic nitrogens is 3. The highest BCUT2D eigenvalue weighted by Crippen LogP contribution is 2.33. The molecule has 3 aromatic rings. The highest BCUT2D eigenvalue weighted by Gasteiger charge is 2.39. The number of nitrogens with one attached hydrogen (secondary N) is 1. The quantitative estimate of drug-likeness (QED) is 0.469. The third-order valence-electron chi connectivity index (χ3n) is 6.11. The average Bonchev–Trinajstić information content (AvgIpc) is 3.42. The SMILES string of the molecule is CCC(Nc1ccc(C(F)(F)F)cn1)C1CC(C)CN1C(=O)c1ccc(F)cc1-c1nc(C)no1. The van der Waals surface area contributed by atoms with Gasteiger partial charge in [0.15, 0.2) is 5.82 Å². The summed E-state index contributed by atoms with van der Waals surface area (Å²) in [5, 5.41) is 6.93. The van der Waals surface area contributed by atoms with Crippen LogP contribution in [0.25, 0.3) is 11.5 Å². The minimum atomic E-state index is -4.47. The Labute approximate surface area is 199 Å². The first kappa shape index (κ1) is 24.6. The number of carbonyl (C=O) groups excluding carboxylic acids is 1. The van der Waals surface area contributed by atoms with Crippen LogP contribution in [0.2, 0.25) is 0 Å². The molecular formula is C24H25F4N5O2. The molecule has 7 nitrogen and oxygen atoms in total. The lowest BCUT2D eigenvalue weighted by atomic mass is 9.98. The van der Waals surface area contributed by atoms with Crippen molar-refractivity contribution in [2.75, 3.05) is 11.9 Å². The van der Waals surface area contributed by atoms with Crippen molar-refractivity contribution < 1.29 is 26.9 Å². The first-order valence-corrected chi connectivity index (χ1v) is 11.3. The Kier molecular flexibility index (Phi) is 6.77. The molecule has 186 valence electrons. The van der Waals surface area contributed by atoms with Crippen LogP contribution in [0.4, 0.5) is 23.4 Å². The van der Waals surface area contributed by atoms with Gasteiger partial charge in [0.05, 0.1) is 22.7 Å². The number of aryl methyl sites for hydroxylation is 1. The number of rotatable bonds is 6. The van der Waals surface area contributed by atoms with Gasteiger partial charge in [-0.05, 0) is 56.0 Å². The van der Waals surface area contributed by atoms with Crippen molar-refractivity contribution in [2.45, 2.75) is 51.9 Å². The molecule has 1 aliphatic rings. The van der Waals surface area contributed by atoms with Gasteiger partial charge in [-0.2, -0.15) is 18.2 Å². The summed E-state index contributed by atoms with van der Waals surface area (Å²) in [6.45, 7) is 6.05. The molecule has 0 spiro atoms. The molecule has 0 saturated carbocycles. The van der Waals surface area contributed by atoms with Crippen LogP contribution in [0.1, 0.15) is 48.4 Å². The number of carbonyl (C=O) groups is 1. The van der Waals surface area contributed by atoms with Crippen molar-refractivity contribution in [1.82, 2.24) is 20.0 Å². The number of amides is 1. The number of benzene rings is 1. The summed E-state index contributed by atoms with van der Waals surface area (Å²) >= 11 is 0. The van der Waals surface area contributed by atoms with E-state index in [9.17, 15) is 22.4 Å². The molecule has 4 rings (SSSR count). The van der Waals surface area contributed by atoms with E-state index in [1.807, 2.05) is 13.8 Å². The summed E-state index contributed by atoms with van der Waals surface area (Å²) in [6.07, 6.45) is -2.40. The van der Waals surface area contributed by atoms with Crippen molar-refractivity contribution in [2.24, 2.45) is 5.92 Å². The van der Waals surface area contributed by atoms with Crippen LogP contribution in [0.5, 0.6) is 0 Å². The number of hydrogen-bond donors (Lipinski definition) is 1. The van der Waals surface area contributed by atoms with E-state index < -0.39 is 17.6 Å². The van der Waals surface area contributed by atoms with Crippen molar-refractivity contribution in [3.8, 4) is 11.5 Å². The normalized spacial score (nSPS) is 19.1. The van der Waals surface area contributed by atoms with Crippen molar-refractivity contribution in [3.63, 3.8) is 0 Å². The predicted octanol–water partition coefficient (Wildman–Crippen LogP) is 5.34. The van der Waals surface area contributed by atoms with Gasteiger partial charge in [-0.3, -0.25) is 4.79 Å². The van der Waals surface area contributed by atoms with Crippen molar-refractivity contribution in [3.05, 3.63) is 59.3 Å². The maximum atomic E-state index is 14.0. The molecule has 2 aromatic heterocycles. The van der Waals surface area contributed by atoms with Crippen LogP contribution >= 0.6 is 0 Å². The van der Waals surface area contributed by atoms with Crippen LogP contribution < -0.4 is 5.32 Å². The molecule has 11 heteroatoms. The molecule has 1 amide bonds. The number of likely N-dealkylation sites (tertiary alicyclic amines) is 1. The minimum absolute atomic E-state index is 0.0493. The van der Waals surface area contributed by atoms with Gasteiger partial charge < -0.3 is 14.7 Å². The predicted molar refractivity (Wildman–Crippen MR) is 120 cm³/mol. The summed E-state index contributed by atoms with van der Waals surface area (Å²) in [6, 6.07) is 5.53. The molecule has 1 aromatic carbocycles. The number of halogens is 4. The lowest BCUT2D eigenvalue weighted by molar-refractivity contribution is -0.137. The van der Waals surface area contributed by atoms with Gasteiger partial charge in [0.25, 0.3) is 11.8 Å². The zero-order chi connectivity index (χ0) is 25.3. The van der Waals surface area contributed by atoms with Gasteiger partial charge in [-0.1, -0.05) is 19.0 Å². The van der Waals surface area contributed by atoms with Crippen LogP contribution in [0.3, 0.4) is 0 Å². The standard InChI is InChI=1S/C24H25F4N5O2/c1-4-19(31-21-8-5-15(11-29-21)24(26,27)28)20-9-13(2)12-33(20)23(34)17-7-6-16(25)10-18(17)22-30-14(3)32-35-22/h5-8,10-11,13,19-20H,4,9,12H2,1-3H3,(H,29,31). The summed E-state index contributed by atoms with van der Waals surface area (Å²) in [5.74, 6) is 0.0319. The smallest absolute Gasteiger partial charge is 0.365 e. The van der Waals surface area contributed by atoms with Gasteiger partial charge in [0.1, 0.15) is 11.6 Å².